The van der Waals surface area contributed by atoms with Gasteiger partial charge in [-0.1, -0.05) is 43.1 Å². The average molecular weight is 681 g/mol. The van der Waals surface area contributed by atoms with E-state index in [0.29, 0.717) is 37.6 Å². The van der Waals surface area contributed by atoms with Crippen molar-refractivity contribution < 1.29 is 34.2 Å². The number of nitro groups is 1. The summed E-state index contributed by atoms with van der Waals surface area (Å²) in [5.41, 5.74) is 2.93. The molecule has 6 atom stereocenters. The van der Waals surface area contributed by atoms with Gasteiger partial charge in [-0.25, -0.2) is 0 Å². The molecule has 2 aromatic carbocycles. The SMILES string of the molecule is C=CCOC12Oc3ccc(Oc4cccc([N+](=O)[O-])c4)cc3C3C(CCCCO)C(CCCCO)C=C(C(=NOCC)CC1SCC)C32. The van der Waals surface area contributed by atoms with Gasteiger partial charge in [-0.15, -0.1) is 6.58 Å². The number of thioether (sulfide) groups is 1. The van der Waals surface area contributed by atoms with Crippen LogP contribution >= 0.6 is 11.8 Å². The Balaban J connectivity index is 1.70. The molecule has 0 saturated heterocycles. The molecule has 48 heavy (non-hydrogen) atoms. The Labute approximate surface area is 287 Å². The number of oxime groups is 1. The number of aliphatic hydroxyl groups excluding tert-OH is 2. The molecule has 2 aliphatic carbocycles. The number of fused-ring (bicyclic) bond motifs is 2. The van der Waals surface area contributed by atoms with E-state index in [1.807, 2.05) is 25.1 Å². The van der Waals surface area contributed by atoms with Gasteiger partial charge >= 0.3 is 0 Å². The van der Waals surface area contributed by atoms with E-state index in [4.69, 9.17) is 24.2 Å². The number of ether oxygens (including phenoxy) is 3. The highest BCUT2D eigenvalue weighted by Gasteiger charge is 2.63. The van der Waals surface area contributed by atoms with Gasteiger partial charge in [0.05, 0.1) is 34.5 Å². The number of benzene rings is 2. The number of aliphatic hydroxyl groups is 2. The molecule has 260 valence electrons. The number of hydrogen-bond acceptors (Lipinski definition) is 10. The summed E-state index contributed by atoms with van der Waals surface area (Å²) in [6.07, 6.45) is 9.69. The van der Waals surface area contributed by atoms with E-state index in [-0.39, 0.29) is 47.8 Å². The molecule has 3 aliphatic rings. The number of allylic oxidation sites excluding steroid dienone is 1. The number of nitrogens with zero attached hydrogens (tertiary/aromatic N) is 2. The maximum atomic E-state index is 11.5. The molecule has 10 nitrogen and oxygen atoms in total. The molecule has 1 fully saturated rings. The predicted octanol–water partition coefficient (Wildman–Crippen LogP) is 7.79. The van der Waals surface area contributed by atoms with E-state index in [1.165, 1.54) is 12.1 Å². The lowest BCUT2D eigenvalue weighted by atomic mass is 9.56. The number of nitro benzene ring substituents is 1. The molecular weight excluding hydrogens is 632 g/mol. The van der Waals surface area contributed by atoms with Crippen LogP contribution in [0.1, 0.15) is 70.3 Å². The van der Waals surface area contributed by atoms with Gasteiger partial charge in [0, 0.05) is 37.2 Å². The Hall–Kier alpha value is -3.38. The zero-order chi connectivity index (χ0) is 34.1. The van der Waals surface area contributed by atoms with Gasteiger partial charge in [-0.05, 0) is 80.0 Å². The molecule has 6 unspecified atom stereocenters. The smallest absolute Gasteiger partial charge is 0.273 e. The second-order valence-corrected chi connectivity index (χ2v) is 14.0. The normalized spacial score (nSPS) is 26.5. The molecular formula is C37H48N2O8S. The first-order valence-corrected chi connectivity index (χ1v) is 18.2. The van der Waals surface area contributed by atoms with Crippen molar-refractivity contribution in [2.45, 2.75) is 75.7 Å². The maximum absolute atomic E-state index is 11.5. The van der Waals surface area contributed by atoms with E-state index >= 15 is 0 Å². The first-order valence-electron chi connectivity index (χ1n) is 17.1. The lowest BCUT2D eigenvalue weighted by molar-refractivity contribution is -0.384. The molecule has 1 saturated carbocycles. The summed E-state index contributed by atoms with van der Waals surface area (Å²) >= 11 is 1.80. The van der Waals surface area contributed by atoms with E-state index < -0.39 is 10.7 Å². The highest BCUT2D eigenvalue weighted by molar-refractivity contribution is 8.00. The summed E-state index contributed by atoms with van der Waals surface area (Å²) in [4.78, 5) is 16.7. The Morgan fingerprint density at radius 1 is 1.10 bits per heavy atom. The highest BCUT2D eigenvalue weighted by atomic mass is 32.2. The quantitative estimate of drug-likeness (QED) is 0.0700. The lowest BCUT2D eigenvalue weighted by Gasteiger charge is -2.58. The molecule has 11 heteroatoms. The van der Waals surface area contributed by atoms with Gasteiger partial charge in [0.2, 0.25) is 5.79 Å². The van der Waals surface area contributed by atoms with Crippen LogP contribution in [-0.4, -0.2) is 64.1 Å². The van der Waals surface area contributed by atoms with Gasteiger partial charge < -0.3 is 29.3 Å². The molecule has 1 heterocycles. The van der Waals surface area contributed by atoms with Gasteiger partial charge in [0.1, 0.15) is 23.9 Å². The summed E-state index contributed by atoms with van der Waals surface area (Å²) in [5, 5.41) is 35.5. The monoisotopic (exact) mass is 680 g/mol. The maximum Gasteiger partial charge on any atom is 0.273 e. The second-order valence-electron chi connectivity index (χ2n) is 12.5. The van der Waals surface area contributed by atoms with Crippen molar-refractivity contribution in [1.29, 1.82) is 0 Å². The third kappa shape index (κ3) is 7.59. The van der Waals surface area contributed by atoms with Crippen LogP contribution in [0.15, 0.2) is 71.9 Å². The van der Waals surface area contributed by atoms with Crippen molar-refractivity contribution in [3.63, 3.8) is 0 Å². The summed E-state index contributed by atoms with van der Waals surface area (Å²) in [5.74, 6) is 1.58. The van der Waals surface area contributed by atoms with E-state index in [1.54, 1.807) is 30.0 Å². The third-order valence-electron chi connectivity index (χ3n) is 9.56. The number of hydrogen-bond donors (Lipinski definition) is 2. The van der Waals surface area contributed by atoms with Gasteiger partial charge in [-0.3, -0.25) is 10.1 Å². The van der Waals surface area contributed by atoms with Crippen LogP contribution < -0.4 is 9.47 Å². The van der Waals surface area contributed by atoms with E-state index in [2.05, 4.69) is 19.6 Å². The summed E-state index contributed by atoms with van der Waals surface area (Å²) in [7, 11) is 0. The third-order valence-corrected chi connectivity index (χ3v) is 10.8. The number of rotatable bonds is 18. The summed E-state index contributed by atoms with van der Waals surface area (Å²) < 4.78 is 20.2. The fourth-order valence-corrected chi connectivity index (χ4v) is 8.85. The lowest BCUT2D eigenvalue weighted by Crippen LogP contribution is -2.64. The van der Waals surface area contributed by atoms with Crippen molar-refractivity contribution in [2.24, 2.45) is 22.9 Å². The van der Waals surface area contributed by atoms with Gasteiger partial charge in [0.25, 0.3) is 5.69 Å². The molecule has 0 bridgehead atoms. The molecule has 5 rings (SSSR count). The highest BCUT2D eigenvalue weighted by Crippen LogP contribution is 2.62. The predicted molar refractivity (Wildman–Crippen MR) is 188 cm³/mol. The number of unbranched alkanes of at least 4 members (excludes halogenated alkanes) is 2. The molecule has 0 radical (unpaired) electrons. The van der Waals surface area contributed by atoms with Crippen molar-refractivity contribution >= 4 is 23.2 Å². The molecule has 0 amide bonds. The topological polar surface area (TPSA) is 133 Å². The summed E-state index contributed by atoms with van der Waals surface area (Å²) in [6, 6.07) is 12.0. The second kappa shape index (κ2) is 16.8. The fraction of sp³-hybridized carbons (Fsp3) is 0.541. The average Bonchev–Trinajstić information content (AvgIpc) is 3.09. The first-order chi connectivity index (χ1) is 23.4. The molecule has 2 N–H and O–H groups in total. The van der Waals surface area contributed by atoms with Gasteiger partial charge in [-0.2, -0.15) is 11.8 Å². The van der Waals surface area contributed by atoms with Crippen LogP contribution in [0, 0.1) is 27.9 Å². The van der Waals surface area contributed by atoms with Gasteiger partial charge in [0.15, 0.2) is 0 Å². The minimum absolute atomic E-state index is 0.0440. The fourth-order valence-electron chi connectivity index (χ4n) is 7.68. The van der Waals surface area contributed by atoms with Crippen molar-refractivity contribution in [3.8, 4) is 17.2 Å². The standard InChI is InChI=1S/C37H48N2O8S/c1-4-20-44-37-34(48-6-3)24-32(38-45-5-2)30-21-25(12-7-9-18-40)29(15-8-10-19-41)35(36(30)37)31-23-28(16-17-33(31)47-37)46-27-14-11-13-26(22-27)39(42)43/h4,11,13-14,16-17,21-23,25,29,34-36,40-41H,1,5-10,12,15,18-20,24H2,2-3H3. The molecule has 0 aromatic heterocycles. The summed E-state index contributed by atoms with van der Waals surface area (Å²) in [6.45, 7) is 9.07. The van der Waals surface area contributed by atoms with E-state index in [0.717, 1.165) is 60.5 Å². The number of non-ortho nitro benzene ring substituents is 1. The van der Waals surface area contributed by atoms with Crippen LogP contribution in [0.5, 0.6) is 17.2 Å². The first kappa shape index (κ1) is 35.9. The molecule has 2 aromatic rings. The van der Waals surface area contributed by atoms with E-state index in [9.17, 15) is 20.3 Å². The van der Waals surface area contributed by atoms with Crippen molar-refractivity contribution in [3.05, 3.63) is 82.4 Å². The van der Waals surface area contributed by atoms with Crippen molar-refractivity contribution in [1.82, 2.24) is 0 Å². The Morgan fingerprint density at radius 3 is 2.58 bits per heavy atom. The van der Waals surface area contributed by atoms with Crippen molar-refractivity contribution in [2.75, 3.05) is 32.2 Å². The zero-order valence-corrected chi connectivity index (χ0v) is 28.7. The molecule has 1 aliphatic heterocycles. The minimum Gasteiger partial charge on any atom is -0.460 e. The van der Waals surface area contributed by atoms with Crippen LogP contribution in [0.2, 0.25) is 0 Å². The Kier molecular flexibility index (Phi) is 12.6. The minimum atomic E-state index is -1.00. The Morgan fingerprint density at radius 2 is 1.88 bits per heavy atom. The largest absolute Gasteiger partial charge is 0.460 e. The van der Waals surface area contributed by atoms with Crippen LogP contribution in [0.3, 0.4) is 0 Å². The van der Waals surface area contributed by atoms with Crippen LogP contribution in [-0.2, 0) is 9.57 Å². The van der Waals surface area contributed by atoms with Crippen LogP contribution in [0.4, 0.5) is 5.69 Å². The molecule has 0 spiro atoms. The Bertz CT molecular complexity index is 1480. The zero-order valence-electron chi connectivity index (χ0n) is 27.9. The van der Waals surface area contributed by atoms with Crippen LogP contribution in [0.25, 0.3) is 0 Å².